The Hall–Kier alpha value is 2.36. The topological polar surface area (TPSA) is 0 Å². The number of rotatable bonds is 2. The molecule has 124 valence electrons. The molecule has 0 radical (unpaired) electrons. The van der Waals surface area contributed by atoms with Crippen molar-refractivity contribution in [1.82, 2.24) is 0 Å². The van der Waals surface area contributed by atoms with Crippen LogP contribution in [-0.4, -0.2) is 68.7 Å². The molecule has 0 atom stereocenters. The third-order valence-corrected chi connectivity index (χ3v) is 25.3. The first-order chi connectivity index (χ1) is 11.8. The van der Waals surface area contributed by atoms with Crippen LogP contribution in [0.25, 0.3) is 17.4 Å². The van der Waals surface area contributed by atoms with E-state index in [4.69, 9.17) is 0 Å². The maximum atomic E-state index is 2.44. The van der Waals surface area contributed by atoms with Crippen LogP contribution < -0.4 is 18.0 Å². The van der Waals surface area contributed by atoms with E-state index in [0.29, 0.717) is 29.9 Å². The van der Waals surface area contributed by atoms with Gasteiger partial charge in [-0.05, 0) is 0 Å². The Kier molecular flexibility index (Phi) is 5.86. The van der Waals surface area contributed by atoms with Gasteiger partial charge in [0.25, 0.3) is 0 Å². The van der Waals surface area contributed by atoms with E-state index in [1.165, 1.54) is 12.7 Å². The predicted molar refractivity (Wildman–Crippen MR) is 126 cm³/mol. The molecule has 0 N–H and O–H groups in total. The van der Waals surface area contributed by atoms with E-state index in [1.54, 1.807) is 27.7 Å². The summed E-state index contributed by atoms with van der Waals surface area (Å²) < 4.78 is 11.5. The monoisotopic (exact) mass is 688 g/mol. The Morgan fingerprint density at radius 2 is 1.38 bits per heavy atom. The first-order valence-corrected chi connectivity index (χ1v) is 22.1. The molecule has 0 fully saturated rings. The van der Waals surface area contributed by atoms with Gasteiger partial charge < -0.3 is 0 Å². The Morgan fingerprint density at radius 3 is 1.88 bits per heavy atom. The van der Waals surface area contributed by atoms with E-state index in [-0.39, 0.29) is 0 Å². The van der Waals surface area contributed by atoms with Gasteiger partial charge in [-0.1, -0.05) is 0 Å². The van der Waals surface area contributed by atoms with Gasteiger partial charge in [0.05, 0.1) is 0 Å². The summed E-state index contributed by atoms with van der Waals surface area (Å²) >= 11 is 14.8. The molecule has 2 bridgehead atoms. The van der Waals surface area contributed by atoms with Crippen molar-refractivity contribution in [2.45, 2.75) is 0 Å². The van der Waals surface area contributed by atoms with Gasteiger partial charge in [-0.15, -0.1) is 0 Å². The fourth-order valence-electron chi connectivity index (χ4n) is 2.37. The first kappa shape index (κ1) is 18.4. The van der Waals surface area contributed by atoms with Gasteiger partial charge in [-0.2, -0.15) is 0 Å². The molecular formula is C14H8S6Se4. The standard InChI is InChI=1S/C14H8S6Se4/c1-15-10-11(16-2)20-13(19-10)12-17-6-7(18-12)9-5(8(6)23-24-9)14-21-3-4-22-14/h3-4H,1-2H3. The van der Waals surface area contributed by atoms with E-state index in [9.17, 15) is 0 Å². The van der Waals surface area contributed by atoms with Crippen molar-refractivity contribution in [3.8, 4) is 9.75 Å². The maximum absolute atomic E-state index is 2.44. The molecule has 0 saturated heterocycles. The summed E-state index contributed by atoms with van der Waals surface area (Å²) in [5, 5.41) is 1.77. The molecule has 4 aliphatic heterocycles. The summed E-state index contributed by atoms with van der Waals surface area (Å²) in [5.41, 5.74) is 0. The quantitative estimate of drug-likeness (QED) is 0.444. The zero-order chi connectivity index (χ0) is 16.3. The summed E-state index contributed by atoms with van der Waals surface area (Å²) in [6.45, 7) is 0. The van der Waals surface area contributed by atoms with Crippen LogP contribution in [0.2, 0.25) is 0 Å². The second-order valence-electron chi connectivity index (χ2n) is 4.62. The zero-order valence-electron chi connectivity index (χ0n) is 12.2. The summed E-state index contributed by atoms with van der Waals surface area (Å²) in [6, 6.07) is 0. The normalized spacial score (nSPS) is 19.8. The summed E-state index contributed by atoms with van der Waals surface area (Å²) in [6.07, 6.45) is 4.41. The average molecular weight is 684 g/mol. The molecule has 0 nitrogen and oxygen atoms in total. The minimum atomic E-state index is 0.653. The molecule has 0 saturated carbocycles. The summed E-state index contributed by atoms with van der Waals surface area (Å²) in [7, 11) is 0. The number of hydrogen-bond acceptors (Lipinski definition) is 6. The van der Waals surface area contributed by atoms with Crippen LogP contribution in [0.1, 0.15) is 0 Å². The third-order valence-electron chi connectivity index (χ3n) is 3.36. The van der Waals surface area contributed by atoms with Crippen LogP contribution >= 0.6 is 69.7 Å². The van der Waals surface area contributed by atoms with Crippen molar-refractivity contribution >= 4 is 142 Å². The van der Waals surface area contributed by atoms with E-state index < -0.39 is 0 Å². The molecule has 10 heteroatoms. The number of thioether (sulfide) groups is 4. The van der Waals surface area contributed by atoms with Gasteiger partial charge in [0.2, 0.25) is 0 Å². The Bertz CT molecular complexity index is 927. The van der Waals surface area contributed by atoms with Crippen molar-refractivity contribution in [2.75, 3.05) is 12.5 Å². The molecule has 24 heavy (non-hydrogen) atoms. The fraction of sp³-hybridized carbons (Fsp3) is 0.143. The molecule has 0 aromatic rings. The summed E-state index contributed by atoms with van der Waals surface area (Å²) in [5.74, 6) is 0. The Balaban J connectivity index is 1.66. The molecule has 0 aromatic heterocycles. The Labute approximate surface area is 189 Å². The average Bonchev–Trinajstić information content (AvgIpc) is 3.39. The Morgan fingerprint density at radius 1 is 0.833 bits per heavy atom. The van der Waals surface area contributed by atoms with Crippen LogP contribution in [0.15, 0.2) is 18.4 Å². The molecule has 0 unspecified atom stereocenters. The molecule has 0 amide bonds. The van der Waals surface area contributed by atoms with E-state index in [1.807, 2.05) is 50.4 Å². The minimum absolute atomic E-state index is 0.653. The SMILES string of the molecule is CSC1=C(SC)SC(=c2sc3c4c(=C5[Se]C=C[Se]5)c(c-3s2)[Se][Se]4)S1. The number of hydrogen-bond donors (Lipinski definition) is 0. The fourth-order valence-corrected chi connectivity index (χ4v) is 27.4. The van der Waals surface area contributed by atoms with Gasteiger partial charge in [-0.3, -0.25) is 0 Å². The van der Waals surface area contributed by atoms with E-state index in [2.05, 4.69) is 45.1 Å². The second-order valence-corrected chi connectivity index (χ2v) is 22.6. The van der Waals surface area contributed by atoms with E-state index >= 15 is 0 Å². The van der Waals surface area contributed by atoms with Crippen LogP contribution in [0.3, 0.4) is 0 Å². The van der Waals surface area contributed by atoms with Crippen LogP contribution in [-0.2, 0) is 0 Å². The van der Waals surface area contributed by atoms with Crippen LogP contribution in [0.5, 0.6) is 0 Å². The van der Waals surface area contributed by atoms with Crippen LogP contribution in [0.4, 0.5) is 0 Å². The predicted octanol–water partition coefficient (Wildman–Crippen LogP) is 1.86. The molecule has 0 spiro atoms. The van der Waals surface area contributed by atoms with Gasteiger partial charge in [0.1, 0.15) is 0 Å². The molecule has 5 rings (SSSR count). The summed E-state index contributed by atoms with van der Waals surface area (Å²) in [4.78, 5) is 8.21. The van der Waals surface area contributed by atoms with Crippen molar-refractivity contribution in [1.29, 1.82) is 0 Å². The van der Waals surface area contributed by atoms with Crippen molar-refractivity contribution in [3.63, 3.8) is 0 Å². The van der Waals surface area contributed by atoms with Gasteiger partial charge in [-0.25, -0.2) is 0 Å². The first-order valence-electron chi connectivity index (χ1n) is 6.65. The van der Waals surface area contributed by atoms with Crippen molar-refractivity contribution in [2.24, 2.45) is 0 Å². The molecule has 1 aliphatic carbocycles. The van der Waals surface area contributed by atoms with Crippen molar-refractivity contribution < 1.29 is 0 Å². The second kappa shape index (κ2) is 7.65. The van der Waals surface area contributed by atoms with Crippen molar-refractivity contribution in [3.05, 3.63) is 27.5 Å². The van der Waals surface area contributed by atoms with E-state index in [0.717, 1.165) is 26.3 Å². The zero-order valence-corrected chi connectivity index (χ0v) is 24.0. The van der Waals surface area contributed by atoms with Crippen LogP contribution in [0, 0.1) is 0 Å². The molecule has 0 aromatic carbocycles. The number of fused-ring (bicyclic) bond motifs is 5. The molecule has 5 aliphatic rings. The molecule has 4 heterocycles. The molecular weight excluding hydrogens is 676 g/mol. The van der Waals surface area contributed by atoms with Gasteiger partial charge >= 0.3 is 192 Å². The third kappa shape index (κ3) is 3.02. The van der Waals surface area contributed by atoms with Gasteiger partial charge in [0.15, 0.2) is 0 Å². The van der Waals surface area contributed by atoms with Gasteiger partial charge in [0, 0.05) is 0 Å².